The number of para-hydroxylation sites is 1. The predicted octanol–water partition coefficient (Wildman–Crippen LogP) is 2.21. The summed E-state index contributed by atoms with van der Waals surface area (Å²) in [6, 6.07) is 7.96. The number of rotatable bonds is 6. The molecule has 0 aliphatic heterocycles. The van der Waals surface area contributed by atoms with Crippen LogP contribution < -0.4 is 4.90 Å². The summed E-state index contributed by atoms with van der Waals surface area (Å²) in [5.41, 5.74) is 2.07. The molecule has 0 radical (unpaired) electrons. The lowest BCUT2D eigenvalue weighted by atomic mass is 10.1. The molecule has 1 aromatic carbocycles. The number of aliphatic hydroxyl groups is 1. The standard InChI is InChI=1S/C13H21NO2/c1-4-14(9-10-16-3)13-8-6-5-7-12(13)11(2)15/h5-8,11,15H,4,9-10H2,1-3H3/t11-/m0/s1. The molecule has 0 saturated carbocycles. The molecule has 3 nitrogen and oxygen atoms in total. The van der Waals surface area contributed by atoms with Gasteiger partial charge in [-0.2, -0.15) is 0 Å². The normalized spacial score (nSPS) is 12.5. The average Bonchev–Trinajstić information content (AvgIpc) is 2.30. The van der Waals surface area contributed by atoms with E-state index in [1.54, 1.807) is 14.0 Å². The second-order valence-electron chi connectivity index (χ2n) is 3.81. The second kappa shape index (κ2) is 6.51. The van der Waals surface area contributed by atoms with Gasteiger partial charge in [0.05, 0.1) is 12.7 Å². The van der Waals surface area contributed by atoms with Crippen molar-refractivity contribution in [1.82, 2.24) is 0 Å². The van der Waals surface area contributed by atoms with Crippen LogP contribution in [0, 0.1) is 0 Å². The summed E-state index contributed by atoms with van der Waals surface area (Å²) in [5.74, 6) is 0. The zero-order valence-electron chi connectivity index (χ0n) is 10.3. The Kier molecular flexibility index (Phi) is 5.29. The first-order chi connectivity index (χ1) is 7.70. The quantitative estimate of drug-likeness (QED) is 0.802. The van der Waals surface area contributed by atoms with E-state index in [2.05, 4.69) is 11.8 Å². The maximum absolute atomic E-state index is 9.72. The van der Waals surface area contributed by atoms with Crippen molar-refractivity contribution in [1.29, 1.82) is 0 Å². The van der Waals surface area contributed by atoms with Crippen LogP contribution in [-0.4, -0.2) is 31.9 Å². The van der Waals surface area contributed by atoms with Crippen molar-refractivity contribution in [2.24, 2.45) is 0 Å². The Labute approximate surface area is 97.7 Å². The van der Waals surface area contributed by atoms with Crippen LogP contribution in [0.4, 0.5) is 5.69 Å². The monoisotopic (exact) mass is 223 g/mol. The molecule has 0 unspecified atom stereocenters. The second-order valence-corrected chi connectivity index (χ2v) is 3.81. The molecular formula is C13H21NO2. The zero-order chi connectivity index (χ0) is 12.0. The maximum Gasteiger partial charge on any atom is 0.0781 e. The summed E-state index contributed by atoms with van der Waals surface area (Å²) in [7, 11) is 1.70. The Bertz CT molecular complexity index is 313. The highest BCUT2D eigenvalue weighted by Gasteiger charge is 2.12. The number of hydrogen-bond donors (Lipinski definition) is 1. The van der Waals surface area contributed by atoms with Gasteiger partial charge in [-0.25, -0.2) is 0 Å². The fourth-order valence-electron chi connectivity index (χ4n) is 1.78. The number of anilines is 1. The minimum atomic E-state index is -0.437. The molecular weight excluding hydrogens is 202 g/mol. The van der Waals surface area contributed by atoms with Crippen molar-refractivity contribution in [2.75, 3.05) is 31.7 Å². The van der Waals surface area contributed by atoms with E-state index in [9.17, 15) is 5.11 Å². The molecule has 1 atom stereocenters. The summed E-state index contributed by atoms with van der Waals surface area (Å²) in [6.07, 6.45) is -0.437. The van der Waals surface area contributed by atoms with Crippen LogP contribution in [-0.2, 0) is 4.74 Å². The van der Waals surface area contributed by atoms with Gasteiger partial charge in [0.15, 0.2) is 0 Å². The summed E-state index contributed by atoms with van der Waals surface area (Å²) >= 11 is 0. The van der Waals surface area contributed by atoms with Gasteiger partial charge < -0.3 is 14.7 Å². The van der Waals surface area contributed by atoms with E-state index in [0.29, 0.717) is 6.61 Å². The van der Waals surface area contributed by atoms with Crippen molar-refractivity contribution < 1.29 is 9.84 Å². The van der Waals surface area contributed by atoms with Crippen LogP contribution in [0.3, 0.4) is 0 Å². The van der Waals surface area contributed by atoms with E-state index >= 15 is 0 Å². The Morgan fingerprint density at radius 3 is 2.62 bits per heavy atom. The van der Waals surface area contributed by atoms with Crippen molar-refractivity contribution in [3.63, 3.8) is 0 Å². The Morgan fingerprint density at radius 1 is 1.38 bits per heavy atom. The molecule has 0 amide bonds. The highest BCUT2D eigenvalue weighted by Crippen LogP contribution is 2.25. The van der Waals surface area contributed by atoms with Crippen LogP contribution in [0.15, 0.2) is 24.3 Å². The molecule has 0 aliphatic carbocycles. The maximum atomic E-state index is 9.72. The van der Waals surface area contributed by atoms with Crippen molar-refractivity contribution in [3.8, 4) is 0 Å². The number of aliphatic hydroxyl groups excluding tert-OH is 1. The van der Waals surface area contributed by atoms with Crippen molar-refractivity contribution in [3.05, 3.63) is 29.8 Å². The Balaban J connectivity index is 2.90. The molecule has 1 aromatic rings. The van der Waals surface area contributed by atoms with E-state index < -0.39 is 6.10 Å². The number of ether oxygens (including phenoxy) is 1. The van der Waals surface area contributed by atoms with Crippen LogP contribution >= 0.6 is 0 Å². The number of likely N-dealkylation sites (N-methyl/N-ethyl adjacent to an activating group) is 1. The van der Waals surface area contributed by atoms with Gasteiger partial charge in [0.1, 0.15) is 0 Å². The molecule has 3 heteroatoms. The first-order valence-electron chi connectivity index (χ1n) is 5.71. The first kappa shape index (κ1) is 13.0. The fourth-order valence-corrected chi connectivity index (χ4v) is 1.78. The minimum Gasteiger partial charge on any atom is -0.389 e. The van der Waals surface area contributed by atoms with Gasteiger partial charge in [-0.1, -0.05) is 18.2 Å². The van der Waals surface area contributed by atoms with Gasteiger partial charge in [0, 0.05) is 31.5 Å². The Morgan fingerprint density at radius 2 is 2.06 bits per heavy atom. The molecule has 0 bridgehead atoms. The summed E-state index contributed by atoms with van der Waals surface area (Å²) in [4.78, 5) is 2.21. The van der Waals surface area contributed by atoms with Gasteiger partial charge in [0.2, 0.25) is 0 Å². The number of hydrogen-bond acceptors (Lipinski definition) is 3. The lowest BCUT2D eigenvalue weighted by Crippen LogP contribution is -2.28. The third-order valence-electron chi connectivity index (χ3n) is 2.67. The van der Waals surface area contributed by atoms with Crippen LogP contribution in [0.25, 0.3) is 0 Å². The molecule has 1 N–H and O–H groups in total. The van der Waals surface area contributed by atoms with Gasteiger partial charge in [0.25, 0.3) is 0 Å². The highest BCUT2D eigenvalue weighted by molar-refractivity contribution is 5.54. The third kappa shape index (κ3) is 3.22. The smallest absolute Gasteiger partial charge is 0.0781 e. The lowest BCUT2D eigenvalue weighted by Gasteiger charge is -2.26. The van der Waals surface area contributed by atoms with Crippen LogP contribution in [0.1, 0.15) is 25.5 Å². The minimum absolute atomic E-state index is 0.437. The molecule has 0 fully saturated rings. The predicted molar refractivity (Wildman–Crippen MR) is 66.8 cm³/mol. The number of benzene rings is 1. The summed E-state index contributed by atoms with van der Waals surface area (Å²) in [6.45, 7) is 6.35. The topological polar surface area (TPSA) is 32.7 Å². The highest BCUT2D eigenvalue weighted by atomic mass is 16.5. The van der Waals surface area contributed by atoms with Gasteiger partial charge in [-0.05, 0) is 19.9 Å². The fraction of sp³-hybridized carbons (Fsp3) is 0.538. The summed E-state index contributed by atoms with van der Waals surface area (Å²) < 4.78 is 5.09. The average molecular weight is 223 g/mol. The number of methoxy groups -OCH3 is 1. The summed E-state index contributed by atoms with van der Waals surface area (Å²) in [5, 5.41) is 9.72. The van der Waals surface area contributed by atoms with E-state index in [4.69, 9.17) is 4.74 Å². The van der Waals surface area contributed by atoms with Crippen molar-refractivity contribution in [2.45, 2.75) is 20.0 Å². The molecule has 90 valence electrons. The molecule has 0 aliphatic rings. The molecule has 0 heterocycles. The molecule has 16 heavy (non-hydrogen) atoms. The van der Waals surface area contributed by atoms with Gasteiger partial charge in [-0.15, -0.1) is 0 Å². The zero-order valence-corrected chi connectivity index (χ0v) is 10.3. The number of nitrogens with zero attached hydrogens (tertiary/aromatic N) is 1. The van der Waals surface area contributed by atoms with E-state index in [0.717, 1.165) is 24.3 Å². The Hall–Kier alpha value is -1.06. The molecule has 0 spiro atoms. The van der Waals surface area contributed by atoms with Gasteiger partial charge >= 0.3 is 0 Å². The molecule has 0 aromatic heterocycles. The van der Waals surface area contributed by atoms with Gasteiger partial charge in [-0.3, -0.25) is 0 Å². The molecule has 0 saturated heterocycles. The van der Waals surface area contributed by atoms with E-state index in [-0.39, 0.29) is 0 Å². The van der Waals surface area contributed by atoms with E-state index in [1.165, 1.54) is 0 Å². The largest absolute Gasteiger partial charge is 0.389 e. The SMILES string of the molecule is CCN(CCOC)c1ccccc1[C@H](C)O. The first-order valence-corrected chi connectivity index (χ1v) is 5.71. The van der Waals surface area contributed by atoms with Crippen molar-refractivity contribution >= 4 is 5.69 Å². The van der Waals surface area contributed by atoms with Crippen LogP contribution in [0.5, 0.6) is 0 Å². The third-order valence-corrected chi connectivity index (χ3v) is 2.67. The van der Waals surface area contributed by atoms with E-state index in [1.807, 2.05) is 24.3 Å². The van der Waals surface area contributed by atoms with Crippen LogP contribution in [0.2, 0.25) is 0 Å². The lowest BCUT2D eigenvalue weighted by molar-refractivity contribution is 0.197. The molecule has 1 rings (SSSR count).